The van der Waals surface area contributed by atoms with Crippen LogP contribution in [0.2, 0.25) is 0 Å². The average molecular weight is 245 g/mol. The second kappa shape index (κ2) is 3.81. The van der Waals surface area contributed by atoms with E-state index in [9.17, 15) is 9.90 Å². The second-order valence-electron chi connectivity index (χ2n) is 6.43. The van der Waals surface area contributed by atoms with Crippen LogP contribution in [0.1, 0.15) is 66.2 Å². The summed E-state index contributed by atoms with van der Waals surface area (Å²) in [6.07, 6.45) is 6.93. The number of aromatic nitrogens is 1. The molecule has 0 aromatic carbocycles. The Morgan fingerprint density at radius 3 is 2.72 bits per heavy atom. The van der Waals surface area contributed by atoms with E-state index in [-0.39, 0.29) is 5.41 Å². The van der Waals surface area contributed by atoms with Crippen LogP contribution < -0.4 is 0 Å². The molecule has 0 radical (unpaired) electrons. The molecule has 1 aromatic rings. The monoisotopic (exact) mass is 245 g/mol. The number of aromatic carboxylic acids is 1. The third-order valence-electron chi connectivity index (χ3n) is 4.23. The fourth-order valence-corrected chi connectivity index (χ4v) is 3.01. The molecule has 3 rings (SSSR count). The highest BCUT2D eigenvalue weighted by atomic mass is 16.4. The first-order valence-electron chi connectivity index (χ1n) is 6.72. The Kier molecular flexibility index (Phi) is 2.47. The maximum Gasteiger partial charge on any atom is 0.337 e. The Morgan fingerprint density at radius 1 is 1.39 bits per heavy atom. The Morgan fingerprint density at radius 2 is 2.11 bits per heavy atom. The highest BCUT2D eigenvalue weighted by Crippen LogP contribution is 2.45. The fourth-order valence-electron chi connectivity index (χ4n) is 3.01. The van der Waals surface area contributed by atoms with Gasteiger partial charge in [0.15, 0.2) is 0 Å². The summed E-state index contributed by atoms with van der Waals surface area (Å²) in [5.41, 5.74) is 4.18. The van der Waals surface area contributed by atoms with Gasteiger partial charge in [-0.3, -0.25) is 4.98 Å². The van der Waals surface area contributed by atoms with Gasteiger partial charge in [-0.05, 0) is 48.6 Å². The van der Waals surface area contributed by atoms with E-state index in [1.165, 1.54) is 24.1 Å². The summed E-state index contributed by atoms with van der Waals surface area (Å²) in [5, 5.41) is 9.28. The molecule has 2 aliphatic carbocycles. The smallest absolute Gasteiger partial charge is 0.337 e. The number of fused-ring (bicyclic) bond motifs is 1. The zero-order valence-electron chi connectivity index (χ0n) is 11.0. The van der Waals surface area contributed by atoms with Crippen LogP contribution in [0.3, 0.4) is 0 Å². The number of carboxylic acid groups (broad SMARTS) is 1. The van der Waals surface area contributed by atoms with Crippen LogP contribution in [0.15, 0.2) is 6.20 Å². The second-order valence-corrected chi connectivity index (χ2v) is 6.43. The van der Waals surface area contributed by atoms with Crippen LogP contribution in [-0.2, 0) is 12.8 Å². The van der Waals surface area contributed by atoms with Crippen molar-refractivity contribution in [1.82, 2.24) is 4.98 Å². The van der Waals surface area contributed by atoms with Gasteiger partial charge in [0.2, 0.25) is 0 Å². The number of hydrogen-bond donors (Lipinski definition) is 1. The predicted octanol–water partition coefficient (Wildman–Crippen LogP) is 3.17. The van der Waals surface area contributed by atoms with Crippen molar-refractivity contribution in [2.24, 2.45) is 5.41 Å². The van der Waals surface area contributed by atoms with E-state index in [0.717, 1.165) is 24.8 Å². The van der Waals surface area contributed by atoms with Crippen molar-refractivity contribution >= 4 is 5.97 Å². The van der Waals surface area contributed by atoms with Crippen molar-refractivity contribution in [3.63, 3.8) is 0 Å². The Balaban J connectivity index is 2.13. The normalized spacial score (nSPS) is 21.4. The molecule has 3 nitrogen and oxygen atoms in total. The molecule has 0 bridgehead atoms. The van der Waals surface area contributed by atoms with Gasteiger partial charge in [-0.1, -0.05) is 13.8 Å². The highest BCUT2D eigenvalue weighted by Gasteiger charge is 2.35. The zero-order chi connectivity index (χ0) is 12.9. The molecule has 0 amide bonds. The lowest BCUT2D eigenvalue weighted by atomic mass is 9.72. The molecule has 0 atom stereocenters. The summed E-state index contributed by atoms with van der Waals surface area (Å²) in [6.45, 7) is 4.53. The van der Waals surface area contributed by atoms with E-state index in [1.807, 2.05) is 0 Å². The summed E-state index contributed by atoms with van der Waals surface area (Å²) in [5.74, 6) is -0.240. The minimum absolute atomic E-state index is 0.273. The minimum Gasteiger partial charge on any atom is -0.478 e. The zero-order valence-corrected chi connectivity index (χ0v) is 11.0. The summed E-state index contributed by atoms with van der Waals surface area (Å²) in [4.78, 5) is 15.8. The van der Waals surface area contributed by atoms with Crippen LogP contribution >= 0.6 is 0 Å². The summed E-state index contributed by atoms with van der Waals surface area (Å²) < 4.78 is 0. The Labute approximate surface area is 107 Å². The first-order chi connectivity index (χ1) is 8.48. The van der Waals surface area contributed by atoms with Crippen molar-refractivity contribution in [1.29, 1.82) is 0 Å². The van der Waals surface area contributed by atoms with E-state index in [2.05, 4.69) is 18.8 Å². The van der Waals surface area contributed by atoms with E-state index in [0.29, 0.717) is 11.5 Å². The quantitative estimate of drug-likeness (QED) is 0.870. The Hall–Kier alpha value is -1.38. The molecular weight excluding hydrogens is 226 g/mol. The standard InChI is InChI=1S/C15H19NO2/c1-15(2)6-5-10-11(7-15)13(9-3-4-9)16-8-12(10)14(17)18/h8-9H,3-7H2,1-2H3,(H,17,18). The molecule has 0 unspecified atom stereocenters. The molecule has 2 aliphatic rings. The molecule has 0 spiro atoms. The fraction of sp³-hybridized carbons (Fsp3) is 0.600. The van der Waals surface area contributed by atoms with Crippen LogP contribution in [-0.4, -0.2) is 16.1 Å². The van der Waals surface area contributed by atoms with Crippen molar-refractivity contribution in [2.45, 2.75) is 51.9 Å². The molecule has 1 fully saturated rings. The molecule has 1 aromatic heterocycles. The summed E-state index contributed by atoms with van der Waals surface area (Å²) in [7, 11) is 0. The molecule has 1 saturated carbocycles. The number of rotatable bonds is 2. The molecule has 1 N–H and O–H groups in total. The van der Waals surface area contributed by atoms with Crippen molar-refractivity contribution in [3.05, 3.63) is 28.6 Å². The minimum atomic E-state index is -0.833. The molecule has 1 heterocycles. The lowest BCUT2D eigenvalue weighted by Crippen LogP contribution is -2.25. The van der Waals surface area contributed by atoms with E-state index < -0.39 is 5.97 Å². The first-order valence-corrected chi connectivity index (χ1v) is 6.72. The molecule has 0 aliphatic heterocycles. The average Bonchev–Trinajstić information content (AvgIpc) is 3.09. The van der Waals surface area contributed by atoms with E-state index in [4.69, 9.17) is 0 Å². The van der Waals surface area contributed by atoms with Gasteiger partial charge in [-0.2, -0.15) is 0 Å². The van der Waals surface area contributed by atoms with E-state index >= 15 is 0 Å². The van der Waals surface area contributed by atoms with Gasteiger partial charge in [0, 0.05) is 17.8 Å². The van der Waals surface area contributed by atoms with Gasteiger partial charge in [0.05, 0.1) is 5.56 Å². The van der Waals surface area contributed by atoms with Gasteiger partial charge >= 0.3 is 5.97 Å². The number of carbonyl (C=O) groups is 1. The number of carboxylic acids is 1. The maximum atomic E-state index is 11.3. The molecule has 3 heteroatoms. The van der Waals surface area contributed by atoms with Crippen molar-refractivity contribution in [2.75, 3.05) is 0 Å². The number of hydrogen-bond acceptors (Lipinski definition) is 2. The molecular formula is C15H19NO2. The highest BCUT2D eigenvalue weighted by molar-refractivity contribution is 5.89. The van der Waals surface area contributed by atoms with Gasteiger partial charge < -0.3 is 5.11 Å². The first kappa shape index (κ1) is 11.7. The molecule has 18 heavy (non-hydrogen) atoms. The molecule has 0 saturated heterocycles. The van der Waals surface area contributed by atoms with Crippen LogP contribution in [0.5, 0.6) is 0 Å². The number of pyridine rings is 1. The van der Waals surface area contributed by atoms with E-state index in [1.54, 1.807) is 6.20 Å². The topological polar surface area (TPSA) is 50.2 Å². The Bertz CT molecular complexity index is 515. The lowest BCUT2D eigenvalue weighted by Gasteiger charge is -2.33. The lowest BCUT2D eigenvalue weighted by molar-refractivity contribution is 0.0694. The van der Waals surface area contributed by atoms with Crippen LogP contribution in [0.25, 0.3) is 0 Å². The third-order valence-corrected chi connectivity index (χ3v) is 4.23. The van der Waals surface area contributed by atoms with Gasteiger partial charge in [0.25, 0.3) is 0 Å². The number of nitrogens with zero attached hydrogens (tertiary/aromatic N) is 1. The van der Waals surface area contributed by atoms with Crippen molar-refractivity contribution in [3.8, 4) is 0 Å². The summed E-state index contributed by atoms with van der Waals surface area (Å²) >= 11 is 0. The largest absolute Gasteiger partial charge is 0.478 e. The third kappa shape index (κ3) is 1.92. The predicted molar refractivity (Wildman–Crippen MR) is 69.0 cm³/mol. The van der Waals surface area contributed by atoms with Gasteiger partial charge in [-0.25, -0.2) is 4.79 Å². The maximum absolute atomic E-state index is 11.3. The van der Waals surface area contributed by atoms with Gasteiger partial charge in [0.1, 0.15) is 0 Å². The van der Waals surface area contributed by atoms with Crippen LogP contribution in [0.4, 0.5) is 0 Å². The van der Waals surface area contributed by atoms with Crippen molar-refractivity contribution < 1.29 is 9.90 Å². The SMILES string of the molecule is CC1(C)CCc2c(C(=O)O)cnc(C3CC3)c2C1. The summed E-state index contributed by atoms with van der Waals surface area (Å²) in [6, 6.07) is 0. The van der Waals surface area contributed by atoms with Crippen LogP contribution in [0, 0.1) is 5.41 Å². The van der Waals surface area contributed by atoms with Gasteiger partial charge in [-0.15, -0.1) is 0 Å². The molecule has 96 valence electrons.